The molecule has 0 aromatic heterocycles. The highest BCUT2D eigenvalue weighted by Gasteiger charge is 2.25. The van der Waals surface area contributed by atoms with Crippen molar-refractivity contribution >= 4 is 11.7 Å². The first-order valence-corrected chi connectivity index (χ1v) is 9.13. The summed E-state index contributed by atoms with van der Waals surface area (Å²) in [6.45, 7) is 2.45. The van der Waals surface area contributed by atoms with Crippen molar-refractivity contribution in [1.29, 1.82) is 0 Å². The van der Waals surface area contributed by atoms with E-state index in [1.165, 1.54) is 0 Å². The zero-order valence-electron chi connectivity index (χ0n) is 15.1. The fraction of sp³-hybridized carbons (Fsp3) is 0.333. The van der Waals surface area contributed by atoms with Crippen molar-refractivity contribution in [3.05, 3.63) is 65.7 Å². The largest absolute Gasteiger partial charge is 0.508 e. The lowest BCUT2D eigenvalue weighted by Gasteiger charge is -2.29. The van der Waals surface area contributed by atoms with E-state index < -0.39 is 5.97 Å². The van der Waals surface area contributed by atoms with E-state index in [2.05, 4.69) is 10.1 Å². The Hall–Kier alpha value is -2.86. The highest BCUT2D eigenvalue weighted by molar-refractivity contribution is 6.12. The van der Waals surface area contributed by atoms with E-state index in [1.54, 1.807) is 18.2 Å². The number of aromatic hydroxyl groups is 1. The minimum absolute atomic E-state index is 0.171. The number of phenols is 1. The van der Waals surface area contributed by atoms with Gasteiger partial charge in [-0.05, 0) is 31.5 Å². The normalized spacial score (nSPS) is 18.2. The molecule has 0 radical (unpaired) electrons. The molecule has 0 saturated carbocycles. The summed E-state index contributed by atoms with van der Waals surface area (Å²) < 4.78 is 0. The van der Waals surface area contributed by atoms with Crippen molar-refractivity contribution in [2.75, 3.05) is 26.2 Å². The average Bonchev–Trinajstić information content (AvgIpc) is 2.69. The van der Waals surface area contributed by atoms with Gasteiger partial charge in [0.2, 0.25) is 0 Å². The predicted octanol–water partition coefficient (Wildman–Crippen LogP) is 2.96. The van der Waals surface area contributed by atoms with Crippen molar-refractivity contribution in [2.24, 2.45) is 11.1 Å². The molecule has 6 heteroatoms. The molecule has 0 amide bonds. The minimum atomic E-state index is -0.728. The van der Waals surface area contributed by atoms with E-state index in [0.29, 0.717) is 25.4 Å². The third-order valence-corrected chi connectivity index (χ3v) is 4.68. The fourth-order valence-electron chi connectivity index (χ4n) is 3.26. The van der Waals surface area contributed by atoms with Crippen LogP contribution in [0.2, 0.25) is 0 Å². The number of phenolic OH excluding ortho intramolecular Hbond substituents is 1. The lowest BCUT2D eigenvalue weighted by molar-refractivity contribution is -0.143. The molecular weight excluding hydrogens is 344 g/mol. The third-order valence-electron chi connectivity index (χ3n) is 4.68. The Morgan fingerprint density at radius 1 is 1.15 bits per heavy atom. The topological polar surface area (TPSA) is 82.4 Å². The van der Waals surface area contributed by atoms with E-state index in [4.69, 9.17) is 4.84 Å². The standard InChI is InChI=1S/C21H24N2O4/c24-19-10-4-8-17(14-19)20(16-6-2-1-3-7-16)22-27-13-12-23-11-5-9-18(15-23)21(25)26/h1-4,6-8,10,14,18,24H,5,9,11-13,15H2,(H,25,26). The van der Waals surface area contributed by atoms with Crippen LogP contribution in [-0.4, -0.2) is 53.0 Å². The maximum atomic E-state index is 11.2. The maximum absolute atomic E-state index is 11.2. The molecule has 1 aliphatic rings. The van der Waals surface area contributed by atoms with Gasteiger partial charge in [0.1, 0.15) is 18.1 Å². The molecule has 1 aliphatic heterocycles. The molecule has 0 bridgehead atoms. The number of rotatable bonds is 7. The quantitative estimate of drug-likeness (QED) is 0.446. The first-order chi connectivity index (χ1) is 13.1. The first kappa shape index (κ1) is 18.9. The summed E-state index contributed by atoms with van der Waals surface area (Å²) in [6.07, 6.45) is 1.62. The summed E-state index contributed by atoms with van der Waals surface area (Å²) in [5, 5.41) is 23.3. The molecule has 27 heavy (non-hydrogen) atoms. The van der Waals surface area contributed by atoms with Crippen LogP contribution in [0.1, 0.15) is 24.0 Å². The summed E-state index contributed by atoms with van der Waals surface area (Å²) in [7, 11) is 0. The molecule has 1 saturated heterocycles. The van der Waals surface area contributed by atoms with Crippen LogP contribution in [-0.2, 0) is 9.63 Å². The van der Waals surface area contributed by atoms with Crippen LogP contribution >= 0.6 is 0 Å². The van der Waals surface area contributed by atoms with Crippen molar-refractivity contribution < 1.29 is 19.8 Å². The number of benzene rings is 2. The number of aliphatic carboxylic acids is 1. The van der Waals surface area contributed by atoms with Crippen LogP contribution in [0.15, 0.2) is 59.8 Å². The summed E-state index contributed by atoms with van der Waals surface area (Å²) >= 11 is 0. The van der Waals surface area contributed by atoms with Crippen LogP contribution in [0.25, 0.3) is 0 Å². The predicted molar refractivity (Wildman–Crippen MR) is 103 cm³/mol. The van der Waals surface area contributed by atoms with Crippen LogP contribution < -0.4 is 0 Å². The zero-order valence-corrected chi connectivity index (χ0v) is 15.1. The first-order valence-electron chi connectivity index (χ1n) is 9.13. The van der Waals surface area contributed by atoms with Gasteiger partial charge in [-0.1, -0.05) is 47.6 Å². The maximum Gasteiger partial charge on any atom is 0.307 e. The molecule has 1 heterocycles. The van der Waals surface area contributed by atoms with Gasteiger partial charge in [0.25, 0.3) is 0 Å². The lowest BCUT2D eigenvalue weighted by atomic mass is 9.98. The van der Waals surface area contributed by atoms with Gasteiger partial charge in [0.15, 0.2) is 0 Å². The summed E-state index contributed by atoms with van der Waals surface area (Å²) in [5.74, 6) is -0.854. The Morgan fingerprint density at radius 2 is 1.93 bits per heavy atom. The fourth-order valence-corrected chi connectivity index (χ4v) is 3.26. The van der Waals surface area contributed by atoms with Crippen molar-refractivity contribution in [3.63, 3.8) is 0 Å². The molecular formula is C21H24N2O4. The molecule has 1 unspecified atom stereocenters. The minimum Gasteiger partial charge on any atom is -0.508 e. The average molecular weight is 368 g/mol. The van der Waals surface area contributed by atoms with Gasteiger partial charge in [-0.2, -0.15) is 0 Å². The van der Waals surface area contributed by atoms with Crippen LogP contribution in [0.4, 0.5) is 0 Å². The second kappa shape index (κ2) is 9.19. The number of carboxylic acids is 1. The number of nitrogens with zero attached hydrogens (tertiary/aromatic N) is 2. The molecule has 142 valence electrons. The van der Waals surface area contributed by atoms with Gasteiger partial charge in [-0.15, -0.1) is 0 Å². The van der Waals surface area contributed by atoms with E-state index in [0.717, 1.165) is 30.5 Å². The molecule has 1 fully saturated rings. The summed E-state index contributed by atoms with van der Waals surface area (Å²) in [5.41, 5.74) is 2.31. The number of carbonyl (C=O) groups is 1. The van der Waals surface area contributed by atoms with Crippen LogP contribution in [0.5, 0.6) is 5.75 Å². The van der Waals surface area contributed by atoms with Gasteiger partial charge >= 0.3 is 5.97 Å². The number of likely N-dealkylation sites (tertiary alicyclic amines) is 1. The van der Waals surface area contributed by atoms with Gasteiger partial charge in [0.05, 0.1) is 5.92 Å². The SMILES string of the molecule is O=C(O)C1CCCN(CCON=C(c2ccccc2)c2cccc(O)c2)C1. The number of hydrogen-bond acceptors (Lipinski definition) is 5. The molecule has 0 aliphatic carbocycles. The second-order valence-electron chi connectivity index (χ2n) is 6.67. The number of hydrogen-bond donors (Lipinski definition) is 2. The summed E-state index contributed by atoms with van der Waals surface area (Å²) in [4.78, 5) is 18.8. The van der Waals surface area contributed by atoms with Crippen LogP contribution in [0.3, 0.4) is 0 Å². The summed E-state index contributed by atoms with van der Waals surface area (Å²) in [6, 6.07) is 16.6. The molecule has 2 aromatic rings. The molecule has 0 spiro atoms. The van der Waals surface area contributed by atoms with E-state index in [1.807, 2.05) is 36.4 Å². The zero-order chi connectivity index (χ0) is 19.1. The van der Waals surface area contributed by atoms with Crippen molar-refractivity contribution in [3.8, 4) is 5.75 Å². The Morgan fingerprint density at radius 3 is 2.67 bits per heavy atom. The van der Waals surface area contributed by atoms with Crippen molar-refractivity contribution in [1.82, 2.24) is 4.90 Å². The van der Waals surface area contributed by atoms with Crippen LogP contribution in [0, 0.1) is 5.92 Å². The van der Waals surface area contributed by atoms with Gasteiger partial charge < -0.3 is 15.1 Å². The molecule has 6 nitrogen and oxygen atoms in total. The number of piperidine rings is 1. The Bertz CT molecular complexity index is 792. The van der Waals surface area contributed by atoms with E-state index in [-0.39, 0.29) is 11.7 Å². The molecule has 2 aromatic carbocycles. The molecule has 2 N–H and O–H groups in total. The van der Waals surface area contributed by atoms with Crippen molar-refractivity contribution in [2.45, 2.75) is 12.8 Å². The van der Waals surface area contributed by atoms with Gasteiger partial charge in [-0.3, -0.25) is 9.69 Å². The Labute approximate surface area is 158 Å². The highest BCUT2D eigenvalue weighted by Crippen LogP contribution is 2.18. The monoisotopic (exact) mass is 368 g/mol. The van der Waals surface area contributed by atoms with Gasteiger partial charge in [0, 0.05) is 24.2 Å². The Balaban J connectivity index is 1.65. The van der Waals surface area contributed by atoms with E-state index in [9.17, 15) is 15.0 Å². The highest BCUT2D eigenvalue weighted by atomic mass is 16.6. The Kier molecular flexibility index (Phi) is 6.44. The third kappa shape index (κ3) is 5.31. The number of oxime groups is 1. The molecule has 3 rings (SSSR count). The smallest absolute Gasteiger partial charge is 0.307 e. The number of carboxylic acid groups (broad SMARTS) is 1. The van der Waals surface area contributed by atoms with Gasteiger partial charge in [-0.25, -0.2) is 0 Å². The van der Waals surface area contributed by atoms with E-state index >= 15 is 0 Å². The molecule has 1 atom stereocenters. The lowest BCUT2D eigenvalue weighted by Crippen LogP contribution is -2.40. The second-order valence-corrected chi connectivity index (χ2v) is 6.67.